The molecule has 33 nitrogen and oxygen atoms in total. The molecule has 33 heteroatoms. The van der Waals surface area contributed by atoms with Crippen molar-refractivity contribution in [3.8, 4) is 0 Å². The molecular formula is C76H92N8O25. The van der Waals surface area contributed by atoms with Gasteiger partial charge in [-0.05, 0) is 65.6 Å². The SMILES string of the molecule is O=NC[C@H]1O[C@@H](O[C@@H]2[C@@H](O)[C@H](NC(=O)[C@@H](O)CCNC(=O)OCc3ccccc3)C[C@H](NC(=O)OCc3ccccc3)[C@H]2O[C@H]2O[C@H](CNCCCc3ccccc3)[C@@H](O)[C@H](O)[C@H]2NC(=O)OCc2ccccc2)[C@H](O)[C@@H]1O[C@H]1O[C@@H](CNC(=O)OCc2ccccc2)[C@@H](O)[C@H](O)[C@H]1NC(=O)OCc1ccccc1. The molecule has 0 unspecified atom stereocenters. The van der Waals surface area contributed by atoms with Crippen LogP contribution in [0.5, 0.6) is 0 Å². The summed E-state index contributed by atoms with van der Waals surface area (Å²) in [6.45, 7) is -2.55. The van der Waals surface area contributed by atoms with E-state index in [0.717, 1.165) is 5.56 Å². The van der Waals surface area contributed by atoms with Gasteiger partial charge in [0.25, 0.3) is 0 Å². The Morgan fingerprint density at radius 1 is 0.404 bits per heavy atom. The van der Waals surface area contributed by atoms with Gasteiger partial charge in [0, 0.05) is 19.6 Å². The molecule has 586 valence electrons. The molecule has 4 aliphatic rings. The maximum Gasteiger partial charge on any atom is 0.407 e. The predicted molar refractivity (Wildman–Crippen MR) is 382 cm³/mol. The summed E-state index contributed by atoms with van der Waals surface area (Å²) in [5.74, 6) is -1.12. The summed E-state index contributed by atoms with van der Waals surface area (Å²) >= 11 is 0. The van der Waals surface area contributed by atoms with Crippen LogP contribution in [0.4, 0.5) is 24.0 Å². The highest BCUT2D eigenvalue weighted by molar-refractivity contribution is 5.81. The molecule has 0 spiro atoms. The molecule has 0 bridgehead atoms. The van der Waals surface area contributed by atoms with Crippen molar-refractivity contribution in [3.63, 3.8) is 0 Å². The van der Waals surface area contributed by atoms with Crippen LogP contribution in [0.15, 0.2) is 187 Å². The highest BCUT2D eigenvalue weighted by Gasteiger charge is 2.57. The second-order valence-corrected chi connectivity index (χ2v) is 26.3. The number of rotatable bonds is 34. The molecule has 0 radical (unpaired) electrons. The van der Waals surface area contributed by atoms with Gasteiger partial charge in [-0.25, -0.2) is 24.0 Å². The third-order valence-corrected chi connectivity index (χ3v) is 18.5. The van der Waals surface area contributed by atoms with E-state index >= 15 is 0 Å². The summed E-state index contributed by atoms with van der Waals surface area (Å²) in [4.78, 5) is 94.4. The van der Waals surface area contributed by atoms with Gasteiger partial charge in [0.05, 0.1) is 12.1 Å². The van der Waals surface area contributed by atoms with Gasteiger partial charge in [0.2, 0.25) is 5.91 Å². The number of hydrogen-bond donors (Lipinski definition) is 14. The van der Waals surface area contributed by atoms with Gasteiger partial charge in [0.1, 0.15) is 131 Å². The second-order valence-electron chi connectivity index (χ2n) is 26.3. The Hall–Kier alpha value is -9.82. The maximum atomic E-state index is 14.3. The zero-order valence-electron chi connectivity index (χ0n) is 59.2. The third-order valence-electron chi connectivity index (χ3n) is 18.5. The van der Waals surface area contributed by atoms with Crippen molar-refractivity contribution in [3.05, 3.63) is 220 Å². The molecule has 20 atom stereocenters. The largest absolute Gasteiger partial charge is 0.445 e. The second kappa shape index (κ2) is 41.7. The summed E-state index contributed by atoms with van der Waals surface area (Å²) in [6.07, 6.45) is -35.1. The predicted octanol–water partition coefficient (Wildman–Crippen LogP) is 2.85. The van der Waals surface area contributed by atoms with Crippen LogP contribution in [0.1, 0.15) is 52.6 Å². The van der Waals surface area contributed by atoms with Crippen LogP contribution >= 0.6 is 0 Å². The number of nitrogens with one attached hydrogen (secondary N) is 7. The van der Waals surface area contributed by atoms with Gasteiger partial charge in [-0.3, -0.25) is 4.79 Å². The summed E-state index contributed by atoms with van der Waals surface area (Å²) in [7, 11) is 0. The van der Waals surface area contributed by atoms with E-state index in [4.69, 9.17) is 52.1 Å². The molecular weight excluding hydrogens is 1420 g/mol. The minimum absolute atomic E-state index is 0.0873. The number of aliphatic hydroxyl groups excluding tert-OH is 7. The average Bonchev–Trinajstić information content (AvgIpc) is 1.76. The third kappa shape index (κ3) is 24.3. The fourth-order valence-electron chi connectivity index (χ4n) is 12.7. The van der Waals surface area contributed by atoms with Crippen LogP contribution in [-0.4, -0.2) is 227 Å². The van der Waals surface area contributed by atoms with E-state index in [-0.39, 0.29) is 46.1 Å². The van der Waals surface area contributed by atoms with Crippen LogP contribution in [0.25, 0.3) is 0 Å². The zero-order valence-corrected chi connectivity index (χ0v) is 59.2. The number of benzene rings is 6. The lowest BCUT2D eigenvalue weighted by atomic mass is 9.83. The van der Waals surface area contributed by atoms with E-state index in [9.17, 15) is 69.4 Å². The van der Waals surface area contributed by atoms with Crippen molar-refractivity contribution in [2.45, 2.75) is 181 Å². The van der Waals surface area contributed by atoms with Gasteiger partial charge in [0.15, 0.2) is 18.9 Å². The molecule has 4 fully saturated rings. The molecule has 6 amide bonds. The van der Waals surface area contributed by atoms with E-state index in [1.165, 1.54) is 0 Å². The number of carbonyl (C=O) groups is 6. The van der Waals surface area contributed by atoms with E-state index < -0.39 is 185 Å². The lowest BCUT2D eigenvalue weighted by Gasteiger charge is -2.49. The molecule has 6 aromatic carbocycles. The van der Waals surface area contributed by atoms with Crippen LogP contribution in [0, 0.1) is 4.91 Å². The fourth-order valence-corrected chi connectivity index (χ4v) is 12.7. The van der Waals surface area contributed by atoms with Crippen LogP contribution in [0.2, 0.25) is 0 Å². The normalized spacial score (nSPS) is 27.5. The first-order chi connectivity index (χ1) is 52.9. The van der Waals surface area contributed by atoms with E-state index in [2.05, 4.69) is 42.4 Å². The first-order valence-electron chi connectivity index (χ1n) is 35.7. The Balaban J connectivity index is 0.959. The zero-order chi connectivity index (χ0) is 77.0. The van der Waals surface area contributed by atoms with Crippen LogP contribution in [0.3, 0.4) is 0 Å². The summed E-state index contributed by atoms with van der Waals surface area (Å²) in [5.41, 5.74) is 4.07. The molecule has 0 aromatic heterocycles. The number of alkyl carbamates (subject to hydrolysis) is 5. The molecule has 14 N–H and O–H groups in total. The molecule has 109 heavy (non-hydrogen) atoms. The van der Waals surface area contributed by atoms with Gasteiger partial charge >= 0.3 is 30.5 Å². The van der Waals surface area contributed by atoms with Crippen LogP contribution < -0.4 is 37.2 Å². The van der Waals surface area contributed by atoms with Gasteiger partial charge < -0.3 is 125 Å². The number of carbonyl (C=O) groups excluding carboxylic acids is 6. The molecule has 1 aliphatic carbocycles. The summed E-state index contributed by atoms with van der Waals surface area (Å²) in [6, 6.07) is 45.9. The number of nitrogens with zero attached hydrogens (tertiary/aromatic N) is 1. The highest BCUT2D eigenvalue weighted by atomic mass is 16.8. The first kappa shape index (κ1) is 81.7. The van der Waals surface area contributed by atoms with Crippen molar-refractivity contribution in [1.29, 1.82) is 0 Å². The monoisotopic (exact) mass is 1520 g/mol. The number of hydrogen-bond acceptors (Lipinski definition) is 27. The standard InChI is InChI=1S/C76H92N8O25/c85-53(33-35-78-72(93)99-40-46-22-9-2-10-23-46)68(92)81-51-36-52(82-74(95)101-42-48-26-13-4-14-27-48)65(107-69-57(83-75(96)102-43-49-28-15-5-16-29-49)62(89)60(87)54(104-69)37-77-34-19-32-45-20-7-1-8-21-45)67(59(51)86)109-71-64(91)66(56(106-71)39-80-98)108-70-58(84-76(97)103-44-50-30-17-6-18-31-50)63(90)61(88)55(105-70)38-79-73(94)100-41-47-24-11-3-12-25-47/h1-18,20-31,51-67,69-71,77,85-91H,19,32-44H2,(H,78,93)(H,79,94)(H,81,92)(H,82,95)(H,83,96)(H,84,97)/t51-,52+,53+,54-,55+,56-,57-,58-,59+,60-,61-,62-,63-,64-,65-,66-,67-,69-,70-,71+/m1/s1. The smallest absolute Gasteiger partial charge is 0.407 e. The lowest BCUT2D eigenvalue weighted by molar-refractivity contribution is -0.311. The Morgan fingerprint density at radius 3 is 1.26 bits per heavy atom. The van der Waals surface area contributed by atoms with Crippen molar-refractivity contribution in [2.75, 3.05) is 32.7 Å². The average molecular weight is 1520 g/mol. The van der Waals surface area contributed by atoms with E-state index in [1.807, 2.05) is 30.3 Å². The lowest BCUT2D eigenvalue weighted by Crippen LogP contribution is -2.70. The molecule has 3 saturated heterocycles. The van der Waals surface area contributed by atoms with Gasteiger partial charge in [-0.2, -0.15) is 4.91 Å². The van der Waals surface area contributed by atoms with Crippen molar-refractivity contribution >= 4 is 36.4 Å². The maximum absolute atomic E-state index is 14.3. The molecule has 1 saturated carbocycles. The van der Waals surface area contributed by atoms with Gasteiger partial charge in [-0.15, -0.1) is 0 Å². The van der Waals surface area contributed by atoms with Crippen molar-refractivity contribution in [2.24, 2.45) is 5.18 Å². The minimum Gasteiger partial charge on any atom is -0.445 e. The quantitative estimate of drug-likeness (QED) is 0.0157. The van der Waals surface area contributed by atoms with Crippen molar-refractivity contribution in [1.82, 2.24) is 37.2 Å². The fraction of sp³-hybridized carbons (Fsp3) is 0.447. The Morgan fingerprint density at radius 2 is 0.798 bits per heavy atom. The number of ether oxygens (including phenoxy) is 11. The Kier molecular flexibility index (Phi) is 31.2. The van der Waals surface area contributed by atoms with E-state index in [1.54, 1.807) is 152 Å². The number of aryl methyl sites for hydroxylation is 1. The number of aliphatic hydroxyl groups is 7. The molecule has 6 aromatic rings. The molecule has 3 heterocycles. The number of amides is 6. The minimum atomic E-state index is -2.16. The van der Waals surface area contributed by atoms with Crippen molar-refractivity contribution < 1.29 is 117 Å². The van der Waals surface area contributed by atoms with E-state index in [0.29, 0.717) is 47.2 Å². The van der Waals surface area contributed by atoms with Crippen LogP contribution in [-0.2, 0) is 96.4 Å². The molecule has 10 rings (SSSR count). The number of nitroso groups, excluding NO2 is 1. The summed E-state index contributed by atoms with van der Waals surface area (Å²) < 4.78 is 66.2. The first-order valence-corrected chi connectivity index (χ1v) is 35.7. The molecule has 3 aliphatic heterocycles. The Bertz CT molecular complexity index is 3780. The topological polar surface area (TPSA) is 459 Å². The van der Waals surface area contributed by atoms with Gasteiger partial charge in [-0.1, -0.05) is 187 Å². The summed E-state index contributed by atoms with van der Waals surface area (Å²) in [5, 5.41) is 106. The highest BCUT2D eigenvalue weighted by Crippen LogP contribution is 2.37. The Labute approximate surface area is 627 Å².